The summed E-state index contributed by atoms with van der Waals surface area (Å²) in [7, 11) is 1.59. The Balaban J connectivity index is 4.16. The van der Waals surface area contributed by atoms with Crippen molar-refractivity contribution in [2.45, 2.75) is 309 Å². The summed E-state index contributed by atoms with van der Waals surface area (Å²) in [5.74, 6) is -0.171. The summed E-state index contributed by atoms with van der Waals surface area (Å²) in [6, 6.07) is -0.787. The monoisotopic (exact) mass is 1240 g/mol. The van der Waals surface area contributed by atoms with E-state index in [-0.39, 0.29) is 19.1 Å². The lowest BCUT2D eigenvalue weighted by atomic mass is 10.0. The molecule has 9 heteroatoms. The Bertz CT molecular complexity index is 1950. The fourth-order valence-corrected chi connectivity index (χ4v) is 10.8. The second-order valence-electron chi connectivity index (χ2n) is 25.2. The molecule has 0 aliphatic carbocycles. The molecule has 0 aliphatic heterocycles. The van der Waals surface area contributed by atoms with Crippen LogP contribution >= 0.6 is 7.82 Å². The topological polar surface area (TPSA) is 105 Å². The number of phosphoric ester groups is 1. The molecular weight excluding hydrogens is 1100 g/mol. The summed E-state index contributed by atoms with van der Waals surface area (Å²) in [5.41, 5.74) is 0. The maximum Gasteiger partial charge on any atom is 0.472 e. The second-order valence-corrected chi connectivity index (χ2v) is 26.7. The van der Waals surface area contributed by atoms with Crippen molar-refractivity contribution >= 4 is 13.7 Å². The molecule has 3 unspecified atom stereocenters. The predicted molar refractivity (Wildman–Crippen MR) is 387 cm³/mol. The average molecular weight is 1240 g/mol. The van der Waals surface area contributed by atoms with Gasteiger partial charge in [0.25, 0.3) is 0 Å². The van der Waals surface area contributed by atoms with Crippen LogP contribution in [-0.2, 0) is 18.4 Å². The molecule has 0 aromatic carbocycles. The van der Waals surface area contributed by atoms with Crippen LogP contribution in [0.4, 0.5) is 0 Å². The summed E-state index contributed by atoms with van der Waals surface area (Å²) in [5, 5.41) is 14.1. The molecule has 3 N–H and O–H groups in total. The highest BCUT2D eigenvalue weighted by atomic mass is 31.2. The highest BCUT2D eigenvalue weighted by Crippen LogP contribution is 2.43. The number of quaternary nitrogens is 1. The minimum absolute atomic E-state index is 0.0625. The molecule has 8 nitrogen and oxygen atoms in total. The first-order chi connectivity index (χ1) is 43.0. The minimum atomic E-state index is -4.35. The van der Waals surface area contributed by atoms with Crippen molar-refractivity contribution in [2.24, 2.45) is 0 Å². The maximum atomic E-state index is 13.1. The molecule has 0 spiro atoms. The average Bonchev–Trinajstić information content (AvgIpc) is 3.71. The molecule has 0 fully saturated rings. The molecule has 0 heterocycles. The smallest absolute Gasteiger partial charge is 0.391 e. The Morgan fingerprint density at radius 1 is 0.398 bits per heavy atom. The van der Waals surface area contributed by atoms with Crippen molar-refractivity contribution in [2.75, 3.05) is 40.9 Å². The van der Waals surface area contributed by atoms with Crippen LogP contribution in [0, 0.1) is 0 Å². The normalized spacial score (nSPS) is 14.5. The van der Waals surface area contributed by atoms with Gasteiger partial charge in [0.2, 0.25) is 5.91 Å². The molecule has 0 aromatic rings. The molecule has 0 rings (SSSR count). The molecule has 1 amide bonds. The number of nitrogens with one attached hydrogen (secondary N) is 1. The van der Waals surface area contributed by atoms with Crippen molar-refractivity contribution in [1.82, 2.24) is 5.32 Å². The van der Waals surface area contributed by atoms with E-state index in [0.29, 0.717) is 23.9 Å². The molecule has 504 valence electrons. The van der Waals surface area contributed by atoms with Gasteiger partial charge >= 0.3 is 7.82 Å². The second kappa shape index (κ2) is 67.8. The number of aliphatic hydroxyl groups excluding tert-OH is 1. The number of hydrogen-bond acceptors (Lipinski definition) is 5. The third-order valence-corrected chi connectivity index (χ3v) is 16.6. The van der Waals surface area contributed by atoms with Crippen LogP contribution in [0.2, 0.25) is 0 Å². The Morgan fingerprint density at radius 2 is 0.682 bits per heavy atom. The van der Waals surface area contributed by atoms with Crippen molar-refractivity contribution in [3.8, 4) is 0 Å². The number of phosphoric acid groups is 1. The van der Waals surface area contributed by atoms with Crippen LogP contribution in [0.5, 0.6) is 0 Å². The van der Waals surface area contributed by atoms with E-state index in [1.807, 2.05) is 21.1 Å². The number of unbranched alkanes of at least 4 members (excludes halogenated alkanes) is 28. The Hall–Kier alpha value is -3.62. The van der Waals surface area contributed by atoms with Crippen molar-refractivity contribution in [3.05, 3.63) is 146 Å². The molecule has 0 saturated heterocycles. The van der Waals surface area contributed by atoms with Gasteiger partial charge in [-0.2, -0.15) is 0 Å². The van der Waals surface area contributed by atoms with Gasteiger partial charge in [-0.3, -0.25) is 13.8 Å². The fraction of sp³-hybridized carbons (Fsp3) is 0.684. The molecule has 0 aliphatic rings. The highest BCUT2D eigenvalue weighted by molar-refractivity contribution is 7.47. The van der Waals surface area contributed by atoms with Gasteiger partial charge in [0.15, 0.2) is 0 Å². The zero-order chi connectivity index (χ0) is 64.1. The largest absolute Gasteiger partial charge is 0.472 e. The van der Waals surface area contributed by atoms with Crippen LogP contribution in [0.1, 0.15) is 296 Å². The summed E-state index contributed by atoms with van der Waals surface area (Å²) in [6.45, 7) is 4.77. The summed E-state index contributed by atoms with van der Waals surface area (Å²) in [4.78, 5) is 23.5. The van der Waals surface area contributed by atoms with Gasteiger partial charge in [0.1, 0.15) is 13.2 Å². The first kappa shape index (κ1) is 84.4. The van der Waals surface area contributed by atoms with Gasteiger partial charge in [-0.1, -0.05) is 333 Å². The SMILES string of the molecule is CC/C=C\C/C=C\C/C=C\C/C=C\C/C=C\C/C=C\C/C=C\C/C=C\C/C=C\C/C=C\C/C=C\C/C=C\CCCCCCC(=O)NC(COP(=O)(O)OCC[N+](C)(C)C)C(O)CCCCCCCCCCCCCCCCCCCCCCCCCCC. The van der Waals surface area contributed by atoms with E-state index in [1.54, 1.807) is 0 Å². The molecule has 0 radical (unpaired) electrons. The predicted octanol–water partition coefficient (Wildman–Crippen LogP) is 23.6. The zero-order valence-electron chi connectivity index (χ0n) is 57.7. The van der Waals surface area contributed by atoms with Crippen LogP contribution < -0.4 is 5.32 Å². The molecular formula is C79H138N2O6P+. The number of aliphatic hydroxyl groups is 1. The molecule has 0 saturated carbocycles. The van der Waals surface area contributed by atoms with Crippen LogP contribution in [0.25, 0.3) is 0 Å². The van der Waals surface area contributed by atoms with Crippen molar-refractivity contribution < 1.29 is 32.9 Å². The van der Waals surface area contributed by atoms with Crippen LogP contribution in [0.15, 0.2) is 146 Å². The number of nitrogens with zero attached hydrogens (tertiary/aromatic N) is 1. The fourth-order valence-electron chi connectivity index (χ4n) is 10.0. The number of amides is 1. The molecule has 0 aromatic heterocycles. The molecule has 88 heavy (non-hydrogen) atoms. The maximum absolute atomic E-state index is 13.1. The van der Waals surface area contributed by atoms with Crippen LogP contribution in [0.3, 0.4) is 0 Å². The van der Waals surface area contributed by atoms with E-state index in [4.69, 9.17) is 9.05 Å². The lowest BCUT2D eigenvalue weighted by Crippen LogP contribution is -2.46. The summed E-state index contributed by atoms with van der Waals surface area (Å²) < 4.78 is 23.9. The van der Waals surface area contributed by atoms with Gasteiger partial charge in [0, 0.05) is 6.42 Å². The third kappa shape index (κ3) is 69.8. The molecule has 0 bridgehead atoms. The number of hydrogen-bond donors (Lipinski definition) is 3. The quantitative estimate of drug-likeness (QED) is 0.0243. The van der Waals surface area contributed by atoms with Crippen molar-refractivity contribution in [1.29, 1.82) is 0 Å². The van der Waals surface area contributed by atoms with Gasteiger partial charge < -0.3 is 19.8 Å². The third-order valence-electron chi connectivity index (χ3n) is 15.6. The van der Waals surface area contributed by atoms with Crippen molar-refractivity contribution in [3.63, 3.8) is 0 Å². The number of rotatable bonds is 65. The first-order valence-electron chi connectivity index (χ1n) is 36.2. The zero-order valence-corrected chi connectivity index (χ0v) is 58.6. The summed E-state index contributed by atoms with van der Waals surface area (Å²) in [6.07, 6.45) is 104. The number of allylic oxidation sites excluding steroid dienone is 24. The first-order valence-corrected chi connectivity index (χ1v) is 37.7. The van der Waals surface area contributed by atoms with E-state index in [0.717, 1.165) is 128 Å². The van der Waals surface area contributed by atoms with E-state index in [9.17, 15) is 19.4 Å². The lowest BCUT2D eigenvalue weighted by molar-refractivity contribution is -0.870. The van der Waals surface area contributed by atoms with Crippen LogP contribution in [-0.4, -0.2) is 73.4 Å². The lowest BCUT2D eigenvalue weighted by Gasteiger charge is -2.26. The summed E-state index contributed by atoms with van der Waals surface area (Å²) >= 11 is 0. The van der Waals surface area contributed by atoms with E-state index >= 15 is 0 Å². The van der Waals surface area contributed by atoms with E-state index in [2.05, 4.69) is 165 Å². The Kier molecular flexibility index (Phi) is 65.0. The number of likely N-dealkylation sites (N-methyl/N-ethyl adjacent to an activating group) is 1. The molecule has 3 atom stereocenters. The Morgan fingerprint density at radius 3 is 1.00 bits per heavy atom. The van der Waals surface area contributed by atoms with Gasteiger partial charge in [-0.05, 0) is 103 Å². The van der Waals surface area contributed by atoms with E-state index < -0.39 is 20.0 Å². The highest BCUT2D eigenvalue weighted by Gasteiger charge is 2.28. The number of carbonyl (C=O) groups excluding carboxylic acids is 1. The standard InChI is InChI=1S/C79H137N2O6P/c1-6-8-10-12-14-16-18-20-22-24-26-28-30-32-33-34-35-36-37-38-39-40-41-42-43-44-45-46-47-49-51-53-55-57-59-61-63-65-67-69-71-73-79(83)80-77(76-87-88(84,85)86-75-74-81(3,4)5)78(82)72-70-68-66-64-62-60-58-56-54-52-50-48-31-29-27-25-23-21-19-17-15-13-11-9-7-2/h8,10,14,16,20,22,26,28,32-33,35-36,38-39,41-42,44-45,47,49,53,55,59,61,77-78,82H,6-7,9,11-13,15,17-19,21,23-25,27,29-31,34,37,40,43,46,48,50-52,54,56-58,60,62-76H2,1-5H3,(H-,80,83,84,85)/p+1/b10-8-,16-14-,22-20-,28-26-,33-32-,36-35-,39-38-,42-41-,45-44-,49-47-,55-53-,61-59-. The van der Waals surface area contributed by atoms with Gasteiger partial charge in [-0.25, -0.2) is 4.57 Å². The minimum Gasteiger partial charge on any atom is -0.391 e. The van der Waals surface area contributed by atoms with E-state index in [1.165, 1.54) is 141 Å². The Labute approximate surface area is 544 Å². The van der Waals surface area contributed by atoms with Gasteiger partial charge in [-0.15, -0.1) is 0 Å². The number of carbonyl (C=O) groups is 1. The van der Waals surface area contributed by atoms with Gasteiger partial charge in [0.05, 0.1) is 39.9 Å².